The van der Waals surface area contributed by atoms with E-state index in [1.54, 1.807) is 11.3 Å². The molecule has 2 nitrogen and oxygen atoms in total. The zero-order chi connectivity index (χ0) is 6.81. The fourth-order valence-electron chi connectivity index (χ4n) is 1.09. The van der Waals surface area contributed by atoms with E-state index in [-0.39, 0.29) is 0 Å². The Balaban J connectivity index is 2.20. The van der Waals surface area contributed by atoms with Crippen LogP contribution in [0.2, 0.25) is 0 Å². The Morgan fingerprint density at radius 3 is 3.20 bits per heavy atom. The van der Waals surface area contributed by atoms with Gasteiger partial charge >= 0.3 is 0 Å². The summed E-state index contributed by atoms with van der Waals surface area (Å²) in [6, 6.07) is 2.49. The quantitative estimate of drug-likeness (QED) is 0.591. The first-order valence-electron chi connectivity index (χ1n) is 3.35. The molecule has 0 aliphatic carbocycles. The lowest BCUT2D eigenvalue weighted by Crippen LogP contribution is -1.87. The van der Waals surface area contributed by atoms with Gasteiger partial charge in [0.05, 0.1) is 12.6 Å². The first-order valence-corrected chi connectivity index (χ1v) is 4.30. The fraction of sp³-hybridized carbons (Fsp3) is 0.429. The maximum Gasteiger partial charge on any atom is 0.0983 e. The van der Waals surface area contributed by atoms with Crippen molar-refractivity contribution in [3.63, 3.8) is 0 Å². The smallest absolute Gasteiger partial charge is 0.0983 e. The zero-order valence-corrected chi connectivity index (χ0v) is 6.34. The van der Waals surface area contributed by atoms with E-state index in [1.165, 1.54) is 5.56 Å². The van der Waals surface area contributed by atoms with Crippen LogP contribution in [0.25, 0.3) is 0 Å². The third-order valence-electron chi connectivity index (χ3n) is 1.65. The minimum Gasteiger partial charge on any atom is -0.193 e. The highest BCUT2D eigenvalue weighted by Crippen LogP contribution is 2.27. The van der Waals surface area contributed by atoms with Crippen molar-refractivity contribution in [1.29, 1.82) is 0 Å². The monoisotopic (exact) mass is 152 g/mol. The highest BCUT2D eigenvalue weighted by Gasteiger charge is 2.13. The predicted octanol–water partition coefficient (Wildman–Crippen LogP) is 2.65. The van der Waals surface area contributed by atoms with Crippen molar-refractivity contribution in [3.8, 4) is 0 Å². The SMILES string of the molecule is c1cc(C2CCN=N2)cs1. The summed E-state index contributed by atoms with van der Waals surface area (Å²) in [5, 5.41) is 12.3. The lowest BCUT2D eigenvalue weighted by molar-refractivity contribution is 0.745. The molecule has 0 saturated heterocycles. The van der Waals surface area contributed by atoms with E-state index in [9.17, 15) is 0 Å². The third kappa shape index (κ3) is 0.968. The van der Waals surface area contributed by atoms with Gasteiger partial charge in [0, 0.05) is 0 Å². The second-order valence-corrected chi connectivity index (χ2v) is 3.12. The first kappa shape index (κ1) is 6.04. The molecule has 0 amide bonds. The summed E-state index contributed by atoms with van der Waals surface area (Å²) in [4.78, 5) is 0. The van der Waals surface area contributed by atoms with Gasteiger partial charge in [0.15, 0.2) is 0 Å². The Labute approximate surface area is 63.6 Å². The Bertz CT molecular complexity index is 228. The van der Waals surface area contributed by atoms with Crippen molar-refractivity contribution in [2.24, 2.45) is 10.2 Å². The molecule has 0 spiro atoms. The van der Waals surface area contributed by atoms with Crippen LogP contribution in [0, 0.1) is 0 Å². The Kier molecular flexibility index (Phi) is 1.51. The lowest BCUT2D eigenvalue weighted by Gasteiger charge is -1.98. The van der Waals surface area contributed by atoms with Gasteiger partial charge in [-0.1, -0.05) is 0 Å². The molecular weight excluding hydrogens is 144 g/mol. The van der Waals surface area contributed by atoms with Crippen LogP contribution in [-0.2, 0) is 0 Å². The predicted molar refractivity (Wildman–Crippen MR) is 41.4 cm³/mol. The van der Waals surface area contributed by atoms with Crippen LogP contribution in [0.4, 0.5) is 0 Å². The minimum atomic E-state index is 0.367. The van der Waals surface area contributed by atoms with Gasteiger partial charge in [0.2, 0.25) is 0 Å². The highest BCUT2D eigenvalue weighted by atomic mass is 32.1. The van der Waals surface area contributed by atoms with Gasteiger partial charge in [-0.3, -0.25) is 0 Å². The average Bonchev–Trinajstić information content (AvgIpc) is 2.59. The molecule has 0 N–H and O–H groups in total. The van der Waals surface area contributed by atoms with Gasteiger partial charge in [-0.05, 0) is 28.8 Å². The van der Waals surface area contributed by atoms with Gasteiger partial charge in [0.25, 0.3) is 0 Å². The molecule has 0 radical (unpaired) electrons. The number of nitrogens with zero attached hydrogens (tertiary/aromatic N) is 2. The van der Waals surface area contributed by atoms with E-state index >= 15 is 0 Å². The molecule has 1 aliphatic rings. The van der Waals surface area contributed by atoms with Gasteiger partial charge in [-0.25, -0.2) is 0 Å². The van der Waals surface area contributed by atoms with E-state index in [0.717, 1.165) is 13.0 Å². The molecule has 0 bridgehead atoms. The van der Waals surface area contributed by atoms with Crippen LogP contribution in [0.15, 0.2) is 27.1 Å². The highest BCUT2D eigenvalue weighted by molar-refractivity contribution is 7.07. The van der Waals surface area contributed by atoms with E-state index < -0.39 is 0 Å². The van der Waals surface area contributed by atoms with Crippen LogP contribution >= 0.6 is 11.3 Å². The maximum atomic E-state index is 4.11. The topological polar surface area (TPSA) is 24.7 Å². The van der Waals surface area contributed by atoms with Gasteiger partial charge in [-0.15, -0.1) is 0 Å². The zero-order valence-electron chi connectivity index (χ0n) is 5.53. The molecule has 10 heavy (non-hydrogen) atoms. The number of hydrogen-bond acceptors (Lipinski definition) is 3. The van der Waals surface area contributed by atoms with E-state index in [4.69, 9.17) is 0 Å². The molecule has 1 aromatic rings. The maximum absolute atomic E-state index is 4.11. The second kappa shape index (κ2) is 2.50. The summed E-state index contributed by atoms with van der Waals surface area (Å²) in [7, 11) is 0. The Morgan fingerprint density at radius 2 is 2.60 bits per heavy atom. The summed E-state index contributed by atoms with van der Waals surface area (Å²) >= 11 is 1.72. The fourth-order valence-corrected chi connectivity index (χ4v) is 1.80. The Morgan fingerprint density at radius 1 is 1.60 bits per heavy atom. The summed E-state index contributed by atoms with van der Waals surface area (Å²) in [5.74, 6) is 0. The summed E-state index contributed by atoms with van der Waals surface area (Å²) in [5.41, 5.74) is 1.33. The van der Waals surface area contributed by atoms with E-state index in [1.807, 2.05) is 0 Å². The van der Waals surface area contributed by atoms with Gasteiger partial charge < -0.3 is 0 Å². The molecule has 3 heteroatoms. The van der Waals surface area contributed by atoms with Gasteiger partial charge in [-0.2, -0.15) is 21.6 Å². The molecule has 1 atom stereocenters. The molecule has 0 saturated carbocycles. The van der Waals surface area contributed by atoms with E-state index in [0.29, 0.717) is 6.04 Å². The summed E-state index contributed by atoms with van der Waals surface area (Å²) in [6.07, 6.45) is 1.09. The summed E-state index contributed by atoms with van der Waals surface area (Å²) < 4.78 is 0. The van der Waals surface area contributed by atoms with Crippen LogP contribution < -0.4 is 0 Å². The van der Waals surface area contributed by atoms with Crippen LogP contribution in [-0.4, -0.2) is 6.54 Å². The molecule has 52 valence electrons. The second-order valence-electron chi connectivity index (χ2n) is 2.34. The minimum absolute atomic E-state index is 0.367. The molecule has 1 aromatic heterocycles. The van der Waals surface area contributed by atoms with Crippen LogP contribution in [0.3, 0.4) is 0 Å². The normalized spacial score (nSPS) is 23.8. The van der Waals surface area contributed by atoms with Gasteiger partial charge in [0.1, 0.15) is 0 Å². The summed E-state index contributed by atoms with van der Waals surface area (Å²) in [6.45, 7) is 0.903. The van der Waals surface area contributed by atoms with Crippen molar-refractivity contribution in [1.82, 2.24) is 0 Å². The molecule has 0 fully saturated rings. The molecule has 1 aliphatic heterocycles. The molecule has 0 aromatic carbocycles. The van der Waals surface area contributed by atoms with Crippen molar-refractivity contribution in [2.75, 3.05) is 6.54 Å². The molecule has 1 unspecified atom stereocenters. The van der Waals surface area contributed by atoms with E-state index in [2.05, 4.69) is 27.1 Å². The van der Waals surface area contributed by atoms with Crippen molar-refractivity contribution >= 4 is 11.3 Å². The standard InChI is InChI=1S/C7H8N2S/c1-3-8-9-7(1)6-2-4-10-5-6/h2,4-5,7H,1,3H2. The first-order chi connectivity index (χ1) is 4.97. The van der Waals surface area contributed by atoms with Crippen LogP contribution in [0.5, 0.6) is 0 Å². The molecule has 2 heterocycles. The number of hydrogen-bond donors (Lipinski definition) is 0. The lowest BCUT2D eigenvalue weighted by atomic mass is 10.1. The van der Waals surface area contributed by atoms with Crippen molar-refractivity contribution in [2.45, 2.75) is 12.5 Å². The number of azo groups is 1. The van der Waals surface area contributed by atoms with Crippen LogP contribution in [0.1, 0.15) is 18.0 Å². The molecule has 2 rings (SSSR count). The molecular formula is C7H8N2S. The van der Waals surface area contributed by atoms with Crippen molar-refractivity contribution in [3.05, 3.63) is 22.4 Å². The third-order valence-corrected chi connectivity index (χ3v) is 2.35. The van der Waals surface area contributed by atoms with Crippen molar-refractivity contribution < 1.29 is 0 Å². The number of thiophene rings is 1. The number of rotatable bonds is 1. The largest absolute Gasteiger partial charge is 0.193 e. The average molecular weight is 152 g/mol. The Hall–Kier alpha value is -0.700.